The van der Waals surface area contributed by atoms with Crippen molar-refractivity contribution in [2.24, 2.45) is 0 Å². The van der Waals surface area contributed by atoms with Crippen molar-refractivity contribution in [2.45, 2.75) is 32.2 Å². The Hall–Kier alpha value is -1.71. The van der Waals surface area contributed by atoms with E-state index in [0.29, 0.717) is 0 Å². The van der Waals surface area contributed by atoms with Crippen molar-refractivity contribution in [2.75, 3.05) is 20.1 Å². The van der Waals surface area contributed by atoms with Gasteiger partial charge in [-0.3, -0.25) is 0 Å². The number of hydrogen-bond donors (Lipinski definition) is 1. The van der Waals surface area contributed by atoms with Crippen LogP contribution in [-0.4, -0.2) is 41.1 Å². The van der Waals surface area contributed by atoms with Gasteiger partial charge >= 0.3 is 6.03 Å². The smallest absolute Gasteiger partial charge is 0.320 e. The van der Waals surface area contributed by atoms with Gasteiger partial charge in [-0.2, -0.15) is 0 Å². The monoisotopic (exact) mass is 262 g/mol. The summed E-state index contributed by atoms with van der Waals surface area (Å²) in [6.45, 7) is 3.63. The number of carbonyl (C=O) groups is 1. The molecule has 2 amide bonds. The molecule has 1 N–H and O–H groups in total. The third kappa shape index (κ3) is 3.00. The Balaban J connectivity index is 2.08. The van der Waals surface area contributed by atoms with Crippen molar-refractivity contribution in [1.82, 2.24) is 9.80 Å². The molecule has 1 aliphatic heterocycles. The van der Waals surface area contributed by atoms with Crippen LogP contribution in [0.1, 0.15) is 37.8 Å². The number of aromatic hydroxyl groups is 1. The number of phenols is 1. The average Bonchev–Trinajstić information content (AvgIpc) is 2.46. The van der Waals surface area contributed by atoms with Crippen LogP contribution in [0.3, 0.4) is 0 Å². The molecule has 0 saturated carbocycles. The van der Waals surface area contributed by atoms with Gasteiger partial charge < -0.3 is 14.9 Å². The second-order valence-electron chi connectivity index (χ2n) is 5.18. The number of phenolic OH excluding ortho intramolecular Hbond substituents is 1. The van der Waals surface area contributed by atoms with E-state index < -0.39 is 0 Å². The molecule has 0 radical (unpaired) electrons. The topological polar surface area (TPSA) is 43.8 Å². The normalized spacial score (nSPS) is 17.1. The highest BCUT2D eigenvalue weighted by molar-refractivity contribution is 5.75. The highest BCUT2D eigenvalue weighted by Gasteiger charge is 2.25. The molecule has 1 aromatic rings. The van der Waals surface area contributed by atoms with Gasteiger partial charge in [0, 0.05) is 25.7 Å². The van der Waals surface area contributed by atoms with E-state index in [2.05, 4.69) is 0 Å². The number of rotatable bonds is 2. The second-order valence-corrected chi connectivity index (χ2v) is 5.18. The number of hydrogen-bond acceptors (Lipinski definition) is 2. The number of likely N-dealkylation sites (tertiary alicyclic amines) is 1. The number of amides is 2. The Kier molecular flexibility index (Phi) is 4.30. The Morgan fingerprint density at radius 1 is 1.26 bits per heavy atom. The van der Waals surface area contributed by atoms with E-state index in [-0.39, 0.29) is 17.8 Å². The van der Waals surface area contributed by atoms with Crippen molar-refractivity contribution in [1.29, 1.82) is 0 Å². The molecule has 4 heteroatoms. The van der Waals surface area contributed by atoms with Crippen molar-refractivity contribution in [3.05, 3.63) is 29.8 Å². The summed E-state index contributed by atoms with van der Waals surface area (Å²) >= 11 is 0. The lowest BCUT2D eigenvalue weighted by atomic mass is 10.1. The van der Waals surface area contributed by atoms with Crippen LogP contribution < -0.4 is 0 Å². The van der Waals surface area contributed by atoms with Gasteiger partial charge in [-0.25, -0.2) is 4.79 Å². The summed E-state index contributed by atoms with van der Waals surface area (Å²) in [5, 5.41) is 9.87. The van der Waals surface area contributed by atoms with E-state index in [9.17, 15) is 9.90 Å². The molecule has 1 aromatic carbocycles. The molecule has 1 aliphatic rings. The Morgan fingerprint density at radius 3 is 2.53 bits per heavy atom. The minimum Gasteiger partial charge on any atom is -0.508 e. The molecule has 1 unspecified atom stereocenters. The lowest BCUT2D eigenvalue weighted by molar-refractivity contribution is 0.140. The summed E-state index contributed by atoms with van der Waals surface area (Å²) in [7, 11) is 1.80. The Labute approximate surface area is 114 Å². The zero-order valence-electron chi connectivity index (χ0n) is 11.7. The summed E-state index contributed by atoms with van der Waals surface area (Å²) in [6, 6.07) is 7.11. The van der Waals surface area contributed by atoms with Gasteiger partial charge in [-0.05, 0) is 32.3 Å². The third-order valence-corrected chi connectivity index (χ3v) is 3.90. The molecule has 2 rings (SSSR count). The molecule has 19 heavy (non-hydrogen) atoms. The SMILES string of the molecule is CC(c1ccccc1O)N(C)C(=O)N1CCCCC1. The van der Waals surface area contributed by atoms with Gasteiger partial charge in [0.05, 0.1) is 6.04 Å². The van der Waals surface area contributed by atoms with Crippen LogP contribution >= 0.6 is 0 Å². The Morgan fingerprint density at radius 2 is 1.89 bits per heavy atom. The van der Waals surface area contributed by atoms with E-state index in [1.54, 1.807) is 24.1 Å². The van der Waals surface area contributed by atoms with E-state index in [4.69, 9.17) is 0 Å². The zero-order chi connectivity index (χ0) is 13.8. The summed E-state index contributed by atoms with van der Waals surface area (Å²) in [5.41, 5.74) is 0.787. The van der Waals surface area contributed by atoms with Crippen molar-refractivity contribution in [3.63, 3.8) is 0 Å². The maximum absolute atomic E-state index is 12.4. The second kappa shape index (κ2) is 5.95. The molecule has 0 aromatic heterocycles. The highest BCUT2D eigenvalue weighted by Crippen LogP contribution is 2.28. The van der Waals surface area contributed by atoms with E-state index >= 15 is 0 Å². The van der Waals surface area contributed by atoms with Crippen LogP contribution in [0.25, 0.3) is 0 Å². The number of benzene rings is 1. The quantitative estimate of drug-likeness (QED) is 0.890. The summed E-state index contributed by atoms with van der Waals surface area (Å²) in [6.07, 6.45) is 3.39. The van der Waals surface area contributed by atoms with E-state index in [0.717, 1.165) is 31.5 Å². The van der Waals surface area contributed by atoms with Gasteiger partial charge in [0.1, 0.15) is 5.75 Å². The molecule has 104 valence electrons. The minimum atomic E-state index is -0.129. The standard InChI is InChI=1S/C15H22N2O2/c1-12(13-8-4-5-9-14(13)18)16(2)15(19)17-10-6-3-7-11-17/h4-5,8-9,12,18H,3,6-7,10-11H2,1-2H3. The molecule has 1 atom stereocenters. The first-order chi connectivity index (χ1) is 9.11. The molecule has 1 saturated heterocycles. The third-order valence-electron chi connectivity index (χ3n) is 3.90. The fraction of sp³-hybridized carbons (Fsp3) is 0.533. The maximum atomic E-state index is 12.4. The van der Waals surface area contributed by atoms with Gasteiger partial charge in [0.2, 0.25) is 0 Å². The van der Waals surface area contributed by atoms with Gasteiger partial charge in [-0.15, -0.1) is 0 Å². The largest absolute Gasteiger partial charge is 0.508 e. The number of piperidine rings is 1. The fourth-order valence-electron chi connectivity index (χ4n) is 2.52. The molecule has 0 aliphatic carbocycles. The van der Waals surface area contributed by atoms with E-state index in [1.807, 2.05) is 24.0 Å². The molecule has 1 fully saturated rings. The minimum absolute atomic E-state index is 0.0513. The first kappa shape index (κ1) is 13.7. The van der Waals surface area contributed by atoms with Crippen molar-refractivity contribution < 1.29 is 9.90 Å². The lowest BCUT2D eigenvalue weighted by Gasteiger charge is -2.34. The van der Waals surface area contributed by atoms with Crippen LogP contribution in [0.5, 0.6) is 5.75 Å². The summed E-state index contributed by atoms with van der Waals surface area (Å²) < 4.78 is 0. The van der Waals surface area contributed by atoms with Crippen LogP contribution in [0.4, 0.5) is 4.79 Å². The van der Waals surface area contributed by atoms with Crippen LogP contribution in [0.15, 0.2) is 24.3 Å². The Bertz CT molecular complexity index is 442. The molecular formula is C15H22N2O2. The number of para-hydroxylation sites is 1. The molecular weight excluding hydrogens is 240 g/mol. The molecule has 4 nitrogen and oxygen atoms in total. The lowest BCUT2D eigenvalue weighted by Crippen LogP contribution is -2.44. The molecule has 1 heterocycles. The van der Waals surface area contributed by atoms with Crippen LogP contribution in [0, 0.1) is 0 Å². The fourth-order valence-corrected chi connectivity index (χ4v) is 2.52. The number of carbonyl (C=O) groups excluding carboxylic acids is 1. The first-order valence-electron chi connectivity index (χ1n) is 6.91. The van der Waals surface area contributed by atoms with E-state index in [1.165, 1.54) is 6.42 Å². The van der Waals surface area contributed by atoms with Gasteiger partial charge in [0.15, 0.2) is 0 Å². The first-order valence-corrected chi connectivity index (χ1v) is 6.91. The predicted molar refractivity (Wildman–Crippen MR) is 75.1 cm³/mol. The molecule has 0 bridgehead atoms. The average molecular weight is 262 g/mol. The van der Waals surface area contributed by atoms with Gasteiger partial charge in [0.25, 0.3) is 0 Å². The summed E-state index contributed by atoms with van der Waals surface area (Å²) in [5.74, 6) is 0.244. The number of urea groups is 1. The maximum Gasteiger partial charge on any atom is 0.320 e. The zero-order valence-corrected chi connectivity index (χ0v) is 11.7. The van der Waals surface area contributed by atoms with Crippen LogP contribution in [-0.2, 0) is 0 Å². The van der Waals surface area contributed by atoms with Crippen LogP contribution in [0.2, 0.25) is 0 Å². The molecule has 0 spiro atoms. The van der Waals surface area contributed by atoms with Crippen molar-refractivity contribution >= 4 is 6.03 Å². The predicted octanol–water partition coefficient (Wildman–Crippen LogP) is 2.99. The number of nitrogens with zero attached hydrogens (tertiary/aromatic N) is 2. The van der Waals surface area contributed by atoms with Gasteiger partial charge in [-0.1, -0.05) is 18.2 Å². The highest BCUT2D eigenvalue weighted by atomic mass is 16.3. The van der Waals surface area contributed by atoms with Crippen molar-refractivity contribution in [3.8, 4) is 5.75 Å². The summed E-state index contributed by atoms with van der Waals surface area (Å²) in [4.78, 5) is 16.0.